The number of para-hydroxylation sites is 1. The number of nitrogens with zero attached hydrogens (tertiary/aromatic N) is 3. The Balaban J connectivity index is 1.11. The molecular formula is C32H37N3O5. The summed E-state index contributed by atoms with van der Waals surface area (Å²) < 4.78 is 28.4. The molecule has 40 heavy (non-hydrogen) atoms. The smallest absolute Gasteiger partial charge is 0.298 e. The second-order valence-corrected chi connectivity index (χ2v) is 9.71. The number of anilines is 2. The standard InChI is InChI=1S/C32H37N3O5/c1-36-29-10-5-7-25(19-29)21-35(22-26-8-6-11-30(20-26)37-2)32-33-28(24-40-32)23-39-18-17-38-16-15-34-14-13-27-9-3-4-12-31(27)34/h3-12,19-20,24H,13-18,21-23H2,1-2H3. The predicted octanol–water partition coefficient (Wildman–Crippen LogP) is 5.49. The highest BCUT2D eigenvalue weighted by molar-refractivity contribution is 5.57. The fraction of sp³-hybridized carbons (Fsp3) is 0.344. The van der Waals surface area contributed by atoms with Crippen molar-refractivity contribution in [1.82, 2.24) is 4.98 Å². The van der Waals surface area contributed by atoms with E-state index in [1.165, 1.54) is 11.3 Å². The molecule has 0 fully saturated rings. The van der Waals surface area contributed by atoms with Gasteiger partial charge in [0, 0.05) is 31.9 Å². The van der Waals surface area contributed by atoms with Gasteiger partial charge in [0.2, 0.25) is 0 Å². The molecule has 0 amide bonds. The van der Waals surface area contributed by atoms with Crippen molar-refractivity contribution in [2.45, 2.75) is 26.1 Å². The van der Waals surface area contributed by atoms with Crippen molar-refractivity contribution >= 4 is 11.7 Å². The van der Waals surface area contributed by atoms with Crippen LogP contribution in [-0.4, -0.2) is 52.1 Å². The maximum atomic E-state index is 5.90. The molecule has 210 valence electrons. The number of benzene rings is 3. The van der Waals surface area contributed by atoms with E-state index in [2.05, 4.69) is 46.2 Å². The van der Waals surface area contributed by atoms with Crippen molar-refractivity contribution in [3.8, 4) is 11.5 Å². The first-order valence-electron chi connectivity index (χ1n) is 13.7. The van der Waals surface area contributed by atoms with E-state index < -0.39 is 0 Å². The molecule has 0 saturated carbocycles. The molecule has 5 rings (SSSR count). The molecule has 8 nitrogen and oxygen atoms in total. The van der Waals surface area contributed by atoms with Crippen molar-refractivity contribution in [2.75, 3.05) is 56.9 Å². The summed E-state index contributed by atoms with van der Waals surface area (Å²) in [4.78, 5) is 9.19. The summed E-state index contributed by atoms with van der Waals surface area (Å²) in [6, 6.07) is 25.1. The van der Waals surface area contributed by atoms with Gasteiger partial charge < -0.3 is 33.2 Å². The van der Waals surface area contributed by atoms with Crippen LogP contribution in [0, 0.1) is 0 Å². The summed E-state index contributed by atoms with van der Waals surface area (Å²) in [5.74, 6) is 1.63. The Hall–Kier alpha value is -4.01. The third-order valence-corrected chi connectivity index (χ3v) is 6.94. The molecular weight excluding hydrogens is 506 g/mol. The Labute approximate surface area is 236 Å². The molecule has 8 heteroatoms. The van der Waals surface area contributed by atoms with Crippen molar-refractivity contribution in [2.24, 2.45) is 0 Å². The summed E-state index contributed by atoms with van der Waals surface area (Å²) in [5, 5.41) is 0. The van der Waals surface area contributed by atoms with E-state index in [1.54, 1.807) is 20.5 Å². The zero-order valence-electron chi connectivity index (χ0n) is 23.3. The summed E-state index contributed by atoms with van der Waals surface area (Å²) in [6.07, 6.45) is 2.76. The van der Waals surface area contributed by atoms with Crippen LogP contribution >= 0.6 is 0 Å². The molecule has 1 aliphatic heterocycles. The van der Waals surface area contributed by atoms with Gasteiger partial charge in [0.1, 0.15) is 23.5 Å². The number of oxazole rings is 1. The van der Waals surface area contributed by atoms with Crippen molar-refractivity contribution < 1.29 is 23.4 Å². The minimum absolute atomic E-state index is 0.360. The Morgan fingerprint density at radius 2 is 1.52 bits per heavy atom. The van der Waals surface area contributed by atoms with E-state index in [0.717, 1.165) is 47.8 Å². The zero-order chi connectivity index (χ0) is 27.6. The van der Waals surface area contributed by atoms with Crippen LogP contribution in [0.15, 0.2) is 83.5 Å². The van der Waals surface area contributed by atoms with Crippen LogP contribution in [0.3, 0.4) is 0 Å². The molecule has 0 aliphatic carbocycles. The van der Waals surface area contributed by atoms with Crippen molar-refractivity contribution in [3.05, 3.63) is 101 Å². The second kappa shape index (κ2) is 13.9. The number of hydrogen-bond donors (Lipinski definition) is 0. The highest BCUT2D eigenvalue weighted by Gasteiger charge is 2.18. The lowest BCUT2D eigenvalue weighted by atomic mass is 10.1. The Morgan fingerprint density at radius 1 is 0.825 bits per heavy atom. The molecule has 0 bridgehead atoms. The SMILES string of the molecule is COc1cccc(CN(Cc2cccc(OC)c2)c2nc(COCCOCCN3CCc4ccccc43)co2)c1. The Bertz CT molecular complexity index is 1310. The van der Waals surface area contributed by atoms with E-state index in [0.29, 0.717) is 45.5 Å². The first kappa shape index (κ1) is 27.6. The summed E-state index contributed by atoms with van der Waals surface area (Å²) in [7, 11) is 3.34. The first-order chi connectivity index (χ1) is 19.7. The van der Waals surface area contributed by atoms with Crippen LogP contribution < -0.4 is 19.3 Å². The Morgan fingerprint density at radius 3 is 2.25 bits per heavy atom. The number of methoxy groups -OCH3 is 2. The predicted molar refractivity (Wildman–Crippen MR) is 155 cm³/mol. The maximum Gasteiger partial charge on any atom is 0.298 e. The summed E-state index contributed by atoms with van der Waals surface area (Å²) in [6.45, 7) is 5.22. The fourth-order valence-electron chi connectivity index (χ4n) is 4.89. The highest BCUT2D eigenvalue weighted by atomic mass is 16.5. The van der Waals surface area contributed by atoms with E-state index >= 15 is 0 Å². The minimum Gasteiger partial charge on any atom is -0.497 e. The first-order valence-corrected chi connectivity index (χ1v) is 13.7. The van der Waals surface area contributed by atoms with Gasteiger partial charge in [-0.1, -0.05) is 42.5 Å². The highest BCUT2D eigenvalue weighted by Crippen LogP contribution is 2.27. The van der Waals surface area contributed by atoms with E-state index in [1.807, 2.05) is 36.4 Å². The molecule has 1 aliphatic rings. The monoisotopic (exact) mass is 543 g/mol. The van der Waals surface area contributed by atoms with Crippen molar-refractivity contribution in [3.63, 3.8) is 0 Å². The number of fused-ring (bicyclic) bond motifs is 1. The van der Waals surface area contributed by atoms with Gasteiger partial charge in [-0.15, -0.1) is 0 Å². The van der Waals surface area contributed by atoms with Gasteiger partial charge in [0.15, 0.2) is 0 Å². The zero-order valence-corrected chi connectivity index (χ0v) is 23.3. The molecule has 0 radical (unpaired) electrons. The quantitative estimate of drug-likeness (QED) is 0.182. The van der Waals surface area contributed by atoms with Crippen LogP contribution in [-0.2, 0) is 35.6 Å². The molecule has 3 aromatic carbocycles. The normalized spacial score (nSPS) is 12.4. The molecule has 0 atom stereocenters. The van der Waals surface area contributed by atoms with Crippen LogP contribution in [0.4, 0.5) is 11.7 Å². The van der Waals surface area contributed by atoms with Crippen molar-refractivity contribution in [1.29, 1.82) is 0 Å². The van der Waals surface area contributed by atoms with E-state index in [9.17, 15) is 0 Å². The fourth-order valence-corrected chi connectivity index (χ4v) is 4.89. The van der Waals surface area contributed by atoms with Gasteiger partial charge in [0.05, 0.1) is 40.6 Å². The number of ether oxygens (including phenoxy) is 4. The topological polar surface area (TPSA) is 69.4 Å². The summed E-state index contributed by atoms with van der Waals surface area (Å²) in [5.41, 5.74) is 5.67. The average molecular weight is 544 g/mol. The minimum atomic E-state index is 0.360. The third-order valence-electron chi connectivity index (χ3n) is 6.94. The van der Waals surface area contributed by atoms with Crippen LogP contribution in [0.1, 0.15) is 22.4 Å². The van der Waals surface area contributed by atoms with Gasteiger partial charge in [-0.2, -0.15) is 4.98 Å². The van der Waals surface area contributed by atoms with E-state index in [4.69, 9.17) is 28.3 Å². The molecule has 0 N–H and O–H groups in total. The molecule has 2 heterocycles. The lowest BCUT2D eigenvalue weighted by Gasteiger charge is -2.21. The van der Waals surface area contributed by atoms with Crippen LogP contribution in [0.5, 0.6) is 11.5 Å². The van der Waals surface area contributed by atoms with Gasteiger partial charge in [-0.05, 0) is 53.4 Å². The van der Waals surface area contributed by atoms with Crippen LogP contribution in [0.2, 0.25) is 0 Å². The molecule has 0 spiro atoms. The maximum absolute atomic E-state index is 5.90. The van der Waals surface area contributed by atoms with Gasteiger partial charge in [-0.25, -0.2) is 0 Å². The number of hydrogen-bond acceptors (Lipinski definition) is 8. The third kappa shape index (κ3) is 7.34. The number of aromatic nitrogens is 1. The largest absolute Gasteiger partial charge is 0.497 e. The lowest BCUT2D eigenvalue weighted by molar-refractivity contribution is 0.0419. The van der Waals surface area contributed by atoms with E-state index in [-0.39, 0.29) is 0 Å². The molecule has 4 aromatic rings. The van der Waals surface area contributed by atoms with Gasteiger partial charge >= 0.3 is 0 Å². The van der Waals surface area contributed by atoms with Crippen LogP contribution in [0.25, 0.3) is 0 Å². The van der Waals surface area contributed by atoms with Gasteiger partial charge in [-0.3, -0.25) is 0 Å². The molecule has 0 saturated heterocycles. The Kier molecular flexibility index (Phi) is 9.55. The summed E-state index contributed by atoms with van der Waals surface area (Å²) >= 11 is 0. The average Bonchev–Trinajstić information content (AvgIpc) is 3.64. The lowest BCUT2D eigenvalue weighted by Crippen LogP contribution is -2.25. The second-order valence-electron chi connectivity index (χ2n) is 9.71. The number of rotatable bonds is 15. The van der Waals surface area contributed by atoms with Gasteiger partial charge in [0.25, 0.3) is 6.01 Å². The molecule has 1 aromatic heterocycles. The molecule has 0 unspecified atom stereocenters.